The van der Waals surface area contributed by atoms with E-state index < -0.39 is 0 Å². The van der Waals surface area contributed by atoms with E-state index in [1.165, 1.54) is 5.69 Å². The highest BCUT2D eigenvalue weighted by Crippen LogP contribution is 2.34. The van der Waals surface area contributed by atoms with Gasteiger partial charge in [-0.2, -0.15) is 5.26 Å². The van der Waals surface area contributed by atoms with Crippen LogP contribution in [0.5, 0.6) is 0 Å². The molecule has 2 aromatic heterocycles. The third-order valence-corrected chi connectivity index (χ3v) is 4.78. The Hall–Kier alpha value is -2.68. The van der Waals surface area contributed by atoms with Crippen molar-refractivity contribution in [2.45, 2.75) is 19.0 Å². The van der Waals surface area contributed by atoms with E-state index in [-0.39, 0.29) is 6.04 Å². The van der Waals surface area contributed by atoms with Crippen molar-refractivity contribution in [1.29, 1.82) is 5.26 Å². The second-order valence-electron chi connectivity index (χ2n) is 6.11. The van der Waals surface area contributed by atoms with E-state index in [1.807, 2.05) is 42.6 Å². The summed E-state index contributed by atoms with van der Waals surface area (Å²) < 4.78 is 0. The Morgan fingerprint density at radius 1 is 1.20 bits per heavy atom. The first kappa shape index (κ1) is 15.8. The number of halogens is 1. The van der Waals surface area contributed by atoms with Crippen molar-refractivity contribution < 1.29 is 0 Å². The standard InChI is InChI=1S/C19H16ClN5/c20-17-6-3-14(10-22-17)11-25-8-7-16-18(24-12-23-16)19(25)15-4-1-13(9-21)2-5-15/h1-6,10,12,19H,7-8,11H2,(H,23,24)/t19-/m0/s1. The van der Waals surface area contributed by atoms with Gasteiger partial charge in [-0.1, -0.05) is 29.8 Å². The van der Waals surface area contributed by atoms with E-state index in [2.05, 4.69) is 25.9 Å². The van der Waals surface area contributed by atoms with Gasteiger partial charge in [0.15, 0.2) is 0 Å². The lowest BCUT2D eigenvalue weighted by Gasteiger charge is -2.35. The molecule has 0 spiro atoms. The molecule has 124 valence electrons. The van der Waals surface area contributed by atoms with Gasteiger partial charge in [-0.3, -0.25) is 4.90 Å². The van der Waals surface area contributed by atoms with Crippen molar-refractivity contribution in [3.63, 3.8) is 0 Å². The van der Waals surface area contributed by atoms with Gasteiger partial charge in [-0.15, -0.1) is 0 Å². The van der Waals surface area contributed by atoms with E-state index in [0.717, 1.165) is 36.3 Å². The van der Waals surface area contributed by atoms with E-state index in [1.54, 1.807) is 6.33 Å². The predicted octanol–water partition coefficient (Wildman–Crippen LogP) is 3.48. The van der Waals surface area contributed by atoms with Gasteiger partial charge in [0, 0.05) is 31.4 Å². The van der Waals surface area contributed by atoms with E-state index in [0.29, 0.717) is 10.7 Å². The summed E-state index contributed by atoms with van der Waals surface area (Å²) in [6.45, 7) is 1.68. The van der Waals surface area contributed by atoms with Crippen LogP contribution in [0.1, 0.15) is 34.1 Å². The fourth-order valence-electron chi connectivity index (χ4n) is 3.34. The largest absolute Gasteiger partial charge is 0.348 e. The molecule has 0 aliphatic carbocycles. The van der Waals surface area contributed by atoms with Gasteiger partial charge in [0.25, 0.3) is 0 Å². The molecule has 1 aliphatic rings. The van der Waals surface area contributed by atoms with Crippen LogP contribution in [0.15, 0.2) is 48.9 Å². The zero-order valence-electron chi connectivity index (χ0n) is 13.5. The molecule has 1 atom stereocenters. The fourth-order valence-corrected chi connectivity index (χ4v) is 3.45. The van der Waals surface area contributed by atoms with Gasteiger partial charge in [0.2, 0.25) is 0 Å². The van der Waals surface area contributed by atoms with Gasteiger partial charge in [-0.05, 0) is 29.3 Å². The first-order chi connectivity index (χ1) is 12.2. The van der Waals surface area contributed by atoms with Crippen molar-refractivity contribution >= 4 is 11.6 Å². The van der Waals surface area contributed by atoms with E-state index >= 15 is 0 Å². The number of benzene rings is 1. The van der Waals surface area contributed by atoms with Crippen LogP contribution >= 0.6 is 11.6 Å². The highest BCUT2D eigenvalue weighted by Gasteiger charge is 2.30. The molecule has 5 nitrogen and oxygen atoms in total. The third kappa shape index (κ3) is 3.14. The number of aromatic amines is 1. The average molecular weight is 350 g/mol. The number of rotatable bonds is 3. The highest BCUT2D eigenvalue weighted by atomic mass is 35.5. The highest BCUT2D eigenvalue weighted by molar-refractivity contribution is 6.29. The summed E-state index contributed by atoms with van der Waals surface area (Å²) in [5.41, 5.74) is 5.14. The zero-order valence-corrected chi connectivity index (χ0v) is 14.2. The molecule has 1 aliphatic heterocycles. The van der Waals surface area contributed by atoms with Gasteiger partial charge in [-0.25, -0.2) is 9.97 Å². The molecule has 0 amide bonds. The number of H-pyrrole nitrogens is 1. The summed E-state index contributed by atoms with van der Waals surface area (Å²) in [7, 11) is 0. The van der Waals surface area contributed by atoms with E-state index in [9.17, 15) is 0 Å². The smallest absolute Gasteiger partial charge is 0.129 e. The second kappa shape index (κ2) is 6.67. The number of hydrogen-bond donors (Lipinski definition) is 1. The van der Waals surface area contributed by atoms with Crippen molar-refractivity contribution in [2.75, 3.05) is 6.54 Å². The van der Waals surface area contributed by atoms with Gasteiger partial charge in [0.1, 0.15) is 5.15 Å². The van der Waals surface area contributed by atoms with Crippen molar-refractivity contribution in [3.05, 3.63) is 82.2 Å². The molecule has 0 bridgehead atoms. The van der Waals surface area contributed by atoms with Crippen LogP contribution in [0.4, 0.5) is 0 Å². The Morgan fingerprint density at radius 2 is 2.04 bits per heavy atom. The monoisotopic (exact) mass is 349 g/mol. The van der Waals surface area contributed by atoms with Crippen LogP contribution in [-0.4, -0.2) is 26.4 Å². The summed E-state index contributed by atoms with van der Waals surface area (Å²) in [6, 6.07) is 13.8. The molecule has 25 heavy (non-hydrogen) atoms. The molecule has 0 fully saturated rings. The maximum absolute atomic E-state index is 9.04. The topological polar surface area (TPSA) is 68.6 Å². The third-order valence-electron chi connectivity index (χ3n) is 4.55. The molecule has 0 saturated heterocycles. The molecular formula is C19H16ClN5. The molecular weight excluding hydrogens is 334 g/mol. The van der Waals surface area contributed by atoms with Gasteiger partial charge < -0.3 is 4.98 Å². The Bertz CT molecular complexity index is 908. The van der Waals surface area contributed by atoms with Crippen molar-refractivity contribution in [1.82, 2.24) is 19.9 Å². The number of aromatic nitrogens is 3. The number of nitrogens with one attached hydrogen (secondary N) is 1. The number of pyridine rings is 1. The number of imidazole rings is 1. The molecule has 0 unspecified atom stereocenters. The molecule has 1 aromatic carbocycles. The molecule has 3 aromatic rings. The number of nitrogens with zero attached hydrogens (tertiary/aromatic N) is 4. The lowest BCUT2D eigenvalue weighted by atomic mass is 9.94. The summed E-state index contributed by atoms with van der Waals surface area (Å²) in [5.74, 6) is 0. The number of fused-ring (bicyclic) bond motifs is 1. The van der Waals surface area contributed by atoms with Crippen molar-refractivity contribution in [3.8, 4) is 6.07 Å². The lowest BCUT2D eigenvalue weighted by molar-refractivity contribution is 0.200. The minimum atomic E-state index is 0.0541. The van der Waals surface area contributed by atoms with E-state index in [4.69, 9.17) is 16.9 Å². The fraction of sp³-hybridized carbons (Fsp3) is 0.211. The van der Waals surface area contributed by atoms with Crippen LogP contribution in [0.25, 0.3) is 0 Å². The summed E-state index contributed by atoms with van der Waals surface area (Å²) in [4.78, 5) is 14.4. The summed E-state index contributed by atoms with van der Waals surface area (Å²) in [6.07, 6.45) is 4.51. The summed E-state index contributed by atoms with van der Waals surface area (Å²) >= 11 is 5.89. The maximum Gasteiger partial charge on any atom is 0.129 e. The zero-order chi connectivity index (χ0) is 17.2. The van der Waals surface area contributed by atoms with Gasteiger partial charge >= 0.3 is 0 Å². The maximum atomic E-state index is 9.04. The Balaban J connectivity index is 1.69. The normalized spacial score (nSPS) is 17.0. The Kier molecular flexibility index (Phi) is 4.22. The van der Waals surface area contributed by atoms with Crippen LogP contribution in [0.3, 0.4) is 0 Å². The second-order valence-corrected chi connectivity index (χ2v) is 6.50. The predicted molar refractivity (Wildman–Crippen MR) is 94.9 cm³/mol. The summed E-state index contributed by atoms with van der Waals surface area (Å²) in [5, 5.41) is 9.54. The van der Waals surface area contributed by atoms with Crippen molar-refractivity contribution in [2.24, 2.45) is 0 Å². The average Bonchev–Trinajstić information content (AvgIpc) is 3.12. The molecule has 3 heterocycles. The SMILES string of the molecule is N#Cc1ccc([C@H]2c3nc[nH]c3CCN2Cc2ccc(Cl)nc2)cc1. The number of hydrogen-bond acceptors (Lipinski definition) is 4. The first-order valence-corrected chi connectivity index (χ1v) is 8.49. The lowest BCUT2D eigenvalue weighted by Crippen LogP contribution is -2.35. The molecule has 0 saturated carbocycles. The minimum absolute atomic E-state index is 0.0541. The van der Waals surface area contributed by atoms with Crippen LogP contribution in [0.2, 0.25) is 5.15 Å². The van der Waals surface area contributed by atoms with Gasteiger partial charge in [0.05, 0.1) is 29.7 Å². The quantitative estimate of drug-likeness (QED) is 0.735. The first-order valence-electron chi connectivity index (χ1n) is 8.11. The molecule has 4 rings (SSSR count). The minimum Gasteiger partial charge on any atom is -0.348 e. The Morgan fingerprint density at radius 3 is 2.76 bits per heavy atom. The van der Waals surface area contributed by atoms with Crippen LogP contribution < -0.4 is 0 Å². The molecule has 6 heteroatoms. The Labute approximate surface area is 150 Å². The number of nitriles is 1. The van der Waals surface area contributed by atoms with Crippen LogP contribution in [-0.2, 0) is 13.0 Å². The molecule has 0 radical (unpaired) electrons. The van der Waals surface area contributed by atoms with Crippen LogP contribution in [0, 0.1) is 11.3 Å². The molecule has 1 N–H and O–H groups in total.